The summed E-state index contributed by atoms with van der Waals surface area (Å²) < 4.78 is 0. The van der Waals surface area contributed by atoms with Crippen molar-refractivity contribution in [3.05, 3.63) is 12.7 Å². The summed E-state index contributed by atoms with van der Waals surface area (Å²) in [6.45, 7) is 8.72. The Morgan fingerprint density at radius 3 is 2.50 bits per heavy atom. The molecule has 3 unspecified atom stereocenters. The van der Waals surface area contributed by atoms with Gasteiger partial charge in [-0.05, 0) is 42.4 Å². The van der Waals surface area contributed by atoms with E-state index in [0.29, 0.717) is 5.41 Å². The Bertz CT molecular complexity index is 214. The molecule has 0 spiro atoms. The zero-order valence-electron chi connectivity index (χ0n) is 9.76. The third-order valence-electron chi connectivity index (χ3n) is 4.87. The Hall–Kier alpha value is -0.260. The van der Waals surface area contributed by atoms with E-state index >= 15 is 0 Å². The van der Waals surface area contributed by atoms with E-state index in [9.17, 15) is 0 Å². The van der Waals surface area contributed by atoms with Crippen LogP contribution in [0.1, 0.15) is 52.4 Å². The third-order valence-corrected chi connectivity index (χ3v) is 4.87. The van der Waals surface area contributed by atoms with E-state index in [1.54, 1.807) is 0 Å². The van der Waals surface area contributed by atoms with Crippen LogP contribution < -0.4 is 0 Å². The van der Waals surface area contributed by atoms with Gasteiger partial charge in [-0.1, -0.05) is 39.2 Å². The maximum absolute atomic E-state index is 3.99. The Morgan fingerprint density at radius 2 is 1.79 bits per heavy atom. The lowest BCUT2D eigenvalue weighted by atomic mass is 9.66. The Kier molecular flexibility index (Phi) is 2.72. The molecule has 0 aromatic heterocycles. The topological polar surface area (TPSA) is 0 Å². The van der Waals surface area contributed by atoms with Crippen LogP contribution in [0.4, 0.5) is 0 Å². The summed E-state index contributed by atoms with van der Waals surface area (Å²) in [4.78, 5) is 0. The average molecular weight is 192 g/mol. The summed E-state index contributed by atoms with van der Waals surface area (Å²) in [5.41, 5.74) is 0.369. The summed E-state index contributed by atoms with van der Waals surface area (Å²) in [7, 11) is 0. The largest absolute Gasteiger partial charge is 0.103 e. The van der Waals surface area contributed by atoms with Gasteiger partial charge in [0.25, 0.3) is 0 Å². The second kappa shape index (κ2) is 3.72. The predicted molar refractivity (Wildman–Crippen MR) is 62.2 cm³/mol. The molecule has 0 heteroatoms. The SMILES string of the molecule is C=CC(C)(C)C1CCC2CCCC2C1. The number of hydrogen-bond acceptors (Lipinski definition) is 0. The molecule has 14 heavy (non-hydrogen) atoms. The lowest BCUT2D eigenvalue weighted by Crippen LogP contribution is -2.30. The molecular formula is C14H24. The lowest BCUT2D eigenvalue weighted by molar-refractivity contribution is 0.133. The van der Waals surface area contributed by atoms with Crippen molar-refractivity contribution in [2.75, 3.05) is 0 Å². The van der Waals surface area contributed by atoms with Gasteiger partial charge in [0.15, 0.2) is 0 Å². The third kappa shape index (κ3) is 1.76. The second-order valence-corrected chi connectivity index (χ2v) is 5.99. The van der Waals surface area contributed by atoms with Crippen LogP contribution in [0.5, 0.6) is 0 Å². The molecule has 80 valence electrons. The molecule has 2 saturated carbocycles. The Labute approximate surface area is 88.8 Å². The van der Waals surface area contributed by atoms with E-state index in [4.69, 9.17) is 0 Å². The van der Waals surface area contributed by atoms with Crippen molar-refractivity contribution in [2.45, 2.75) is 52.4 Å². The van der Waals surface area contributed by atoms with Gasteiger partial charge in [0.2, 0.25) is 0 Å². The maximum atomic E-state index is 3.99. The van der Waals surface area contributed by atoms with Crippen LogP contribution in [-0.4, -0.2) is 0 Å². The maximum Gasteiger partial charge on any atom is -0.0149 e. The van der Waals surface area contributed by atoms with E-state index in [1.807, 2.05) is 0 Å². The molecule has 3 atom stereocenters. The zero-order chi connectivity index (χ0) is 10.2. The zero-order valence-corrected chi connectivity index (χ0v) is 9.76. The highest BCUT2D eigenvalue weighted by Gasteiger charge is 2.38. The summed E-state index contributed by atoms with van der Waals surface area (Å²) >= 11 is 0. The minimum absolute atomic E-state index is 0.369. The second-order valence-electron chi connectivity index (χ2n) is 5.99. The molecular weight excluding hydrogens is 168 g/mol. The van der Waals surface area contributed by atoms with Crippen molar-refractivity contribution in [3.63, 3.8) is 0 Å². The molecule has 0 aromatic rings. The van der Waals surface area contributed by atoms with Crippen LogP contribution in [0.2, 0.25) is 0 Å². The van der Waals surface area contributed by atoms with Crippen LogP contribution in [0.15, 0.2) is 12.7 Å². The summed E-state index contributed by atoms with van der Waals surface area (Å²) in [5.74, 6) is 3.05. The molecule has 0 aliphatic heterocycles. The summed E-state index contributed by atoms with van der Waals surface area (Å²) in [6.07, 6.45) is 11.1. The number of hydrogen-bond donors (Lipinski definition) is 0. The highest BCUT2D eigenvalue weighted by atomic mass is 14.4. The van der Waals surface area contributed by atoms with Gasteiger partial charge < -0.3 is 0 Å². The summed E-state index contributed by atoms with van der Waals surface area (Å²) in [5, 5.41) is 0. The van der Waals surface area contributed by atoms with E-state index in [2.05, 4.69) is 26.5 Å². The van der Waals surface area contributed by atoms with Crippen molar-refractivity contribution in [3.8, 4) is 0 Å². The van der Waals surface area contributed by atoms with Crippen molar-refractivity contribution < 1.29 is 0 Å². The number of fused-ring (bicyclic) bond motifs is 1. The van der Waals surface area contributed by atoms with Crippen molar-refractivity contribution in [1.82, 2.24) is 0 Å². The number of allylic oxidation sites excluding steroid dienone is 1. The molecule has 0 aromatic carbocycles. The standard InChI is InChI=1S/C14H24/c1-4-14(2,3)13-9-8-11-6-5-7-12(11)10-13/h4,11-13H,1,5-10H2,2-3H3. The van der Waals surface area contributed by atoms with Crippen molar-refractivity contribution in [2.24, 2.45) is 23.2 Å². The van der Waals surface area contributed by atoms with Crippen LogP contribution in [-0.2, 0) is 0 Å². The summed E-state index contributed by atoms with van der Waals surface area (Å²) in [6, 6.07) is 0. The van der Waals surface area contributed by atoms with Gasteiger partial charge >= 0.3 is 0 Å². The minimum atomic E-state index is 0.369. The molecule has 0 nitrogen and oxygen atoms in total. The highest BCUT2D eigenvalue weighted by molar-refractivity contribution is 4.97. The minimum Gasteiger partial charge on any atom is -0.103 e. The smallest absolute Gasteiger partial charge is 0.0149 e. The van der Waals surface area contributed by atoms with E-state index in [1.165, 1.54) is 38.5 Å². The predicted octanol–water partition coefficient (Wildman–Crippen LogP) is 4.42. The molecule has 0 amide bonds. The van der Waals surface area contributed by atoms with Gasteiger partial charge in [0, 0.05) is 0 Å². The fraction of sp³-hybridized carbons (Fsp3) is 0.857. The Morgan fingerprint density at radius 1 is 1.07 bits per heavy atom. The molecule has 2 aliphatic rings. The van der Waals surface area contributed by atoms with Crippen LogP contribution in [0, 0.1) is 23.2 Å². The normalized spacial score (nSPS) is 38.0. The fourth-order valence-corrected chi connectivity index (χ4v) is 3.54. The van der Waals surface area contributed by atoms with E-state index in [-0.39, 0.29) is 0 Å². The molecule has 2 fully saturated rings. The van der Waals surface area contributed by atoms with Gasteiger partial charge in [0.1, 0.15) is 0 Å². The molecule has 0 saturated heterocycles. The quantitative estimate of drug-likeness (QED) is 0.568. The molecule has 2 aliphatic carbocycles. The van der Waals surface area contributed by atoms with Crippen LogP contribution in [0.25, 0.3) is 0 Å². The first kappa shape index (κ1) is 10.3. The van der Waals surface area contributed by atoms with E-state index < -0.39 is 0 Å². The molecule has 2 rings (SSSR count). The van der Waals surface area contributed by atoms with E-state index in [0.717, 1.165) is 17.8 Å². The van der Waals surface area contributed by atoms with Gasteiger partial charge in [-0.3, -0.25) is 0 Å². The first-order valence-corrected chi connectivity index (χ1v) is 6.27. The van der Waals surface area contributed by atoms with Crippen LogP contribution >= 0.6 is 0 Å². The average Bonchev–Trinajstić information content (AvgIpc) is 2.64. The van der Waals surface area contributed by atoms with Crippen LogP contribution in [0.3, 0.4) is 0 Å². The van der Waals surface area contributed by atoms with Gasteiger partial charge in [-0.2, -0.15) is 0 Å². The molecule has 0 heterocycles. The lowest BCUT2D eigenvalue weighted by Gasteiger charge is -2.39. The molecule has 0 bridgehead atoms. The van der Waals surface area contributed by atoms with Crippen molar-refractivity contribution in [1.29, 1.82) is 0 Å². The monoisotopic (exact) mass is 192 g/mol. The van der Waals surface area contributed by atoms with Crippen molar-refractivity contribution >= 4 is 0 Å². The Balaban J connectivity index is 2.00. The first-order valence-electron chi connectivity index (χ1n) is 6.27. The molecule has 0 radical (unpaired) electrons. The first-order chi connectivity index (χ1) is 6.63. The van der Waals surface area contributed by atoms with Gasteiger partial charge in [0.05, 0.1) is 0 Å². The van der Waals surface area contributed by atoms with Gasteiger partial charge in [-0.15, -0.1) is 6.58 Å². The number of rotatable bonds is 2. The molecule has 0 N–H and O–H groups in total. The fourth-order valence-electron chi connectivity index (χ4n) is 3.54. The van der Waals surface area contributed by atoms with Gasteiger partial charge in [-0.25, -0.2) is 0 Å². The highest BCUT2D eigenvalue weighted by Crippen LogP contribution is 2.49.